The number of anilines is 2. The van der Waals surface area contributed by atoms with Gasteiger partial charge in [0.1, 0.15) is 5.75 Å². The number of carbonyl (C=O) groups excluding carboxylic acids is 2. The number of nitrogens with one attached hydrogen (secondary N) is 2. The lowest BCUT2D eigenvalue weighted by atomic mass is 10.1. The topological polar surface area (TPSA) is 102 Å². The van der Waals surface area contributed by atoms with Gasteiger partial charge in [-0.15, -0.1) is 0 Å². The minimum atomic E-state index is -3.41. The second-order valence-corrected chi connectivity index (χ2v) is 8.21. The highest BCUT2D eigenvalue weighted by molar-refractivity contribution is 7.92. The van der Waals surface area contributed by atoms with Gasteiger partial charge < -0.3 is 10.1 Å². The molecule has 0 aromatic heterocycles. The van der Waals surface area contributed by atoms with Crippen LogP contribution < -0.4 is 14.8 Å². The molecule has 0 saturated carbocycles. The lowest BCUT2D eigenvalue weighted by molar-refractivity contribution is -0.116. The molecule has 0 aliphatic heterocycles. The molecule has 8 heteroatoms. The summed E-state index contributed by atoms with van der Waals surface area (Å²) in [5, 5.41) is 2.72. The molecule has 2 aromatic rings. The number of ether oxygens (including phenoxy) is 1. The van der Waals surface area contributed by atoms with Crippen molar-refractivity contribution in [2.75, 3.05) is 23.4 Å². The van der Waals surface area contributed by atoms with E-state index in [9.17, 15) is 18.0 Å². The van der Waals surface area contributed by atoms with E-state index in [1.54, 1.807) is 56.5 Å². The third-order valence-corrected chi connectivity index (χ3v) is 4.63. The summed E-state index contributed by atoms with van der Waals surface area (Å²) in [4.78, 5) is 24.3. The molecular formula is C20H24N2O5S. The number of Topliss-reactive ketones (excluding diaryl/α,β-unsaturated/α-hetero) is 1. The number of aryl methyl sites for hydroxylation is 1. The second-order valence-electron chi connectivity index (χ2n) is 6.46. The van der Waals surface area contributed by atoms with E-state index < -0.39 is 10.0 Å². The minimum absolute atomic E-state index is 0.0366. The summed E-state index contributed by atoms with van der Waals surface area (Å²) in [6, 6.07) is 11.8. The third kappa shape index (κ3) is 6.70. The summed E-state index contributed by atoms with van der Waals surface area (Å²) in [5.41, 5.74) is 2.22. The predicted octanol–water partition coefficient (Wildman–Crippen LogP) is 3.37. The Balaban J connectivity index is 1.86. The maximum Gasteiger partial charge on any atom is 0.229 e. The molecule has 28 heavy (non-hydrogen) atoms. The molecule has 0 fully saturated rings. The van der Waals surface area contributed by atoms with Gasteiger partial charge in [-0.25, -0.2) is 8.42 Å². The maximum atomic E-state index is 12.2. The van der Waals surface area contributed by atoms with Gasteiger partial charge in [0.15, 0.2) is 5.78 Å². The molecule has 0 saturated heterocycles. The first-order valence-electron chi connectivity index (χ1n) is 8.73. The van der Waals surface area contributed by atoms with Crippen molar-refractivity contribution in [1.82, 2.24) is 0 Å². The van der Waals surface area contributed by atoms with Crippen molar-refractivity contribution in [3.8, 4) is 5.75 Å². The fourth-order valence-corrected chi connectivity index (χ4v) is 3.18. The summed E-state index contributed by atoms with van der Waals surface area (Å²) in [5.74, 6) is 0.404. The van der Waals surface area contributed by atoms with Gasteiger partial charge in [0.2, 0.25) is 15.9 Å². The molecule has 150 valence electrons. The highest BCUT2D eigenvalue weighted by Gasteiger charge is 2.10. The SMILES string of the molecule is COc1ccc(C(=O)CCCC(=O)Nc2ccc(C)c(NS(C)(=O)=O)c2)cc1. The van der Waals surface area contributed by atoms with Crippen molar-refractivity contribution in [3.05, 3.63) is 53.6 Å². The highest BCUT2D eigenvalue weighted by Crippen LogP contribution is 2.21. The van der Waals surface area contributed by atoms with Crippen LogP contribution in [0.4, 0.5) is 11.4 Å². The molecule has 0 aliphatic rings. The number of benzene rings is 2. The Morgan fingerprint density at radius 3 is 2.32 bits per heavy atom. The van der Waals surface area contributed by atoms with E-state index in [4.69, 9.17) is 4.74 Å². The van der Waals surface area contributed by atoms with E-state index in [0.717, 1.165) is 11.8 Å². The third-order valence-electron chi connectivity index (χ3n) is 4.04. The van der Waals surface area contributed by atoms with Crippen LogP contribution in [0.25, 0.3) is 0 Å². The summed E-state index contributed by atoms with van der Waals surface area (Å²) < 4.78 is 30.3. The Kier molecular flexibility index (Phi) is 7.17. The lowest BCUT2D eigenvalue weighted by Crippen LogP contribution is -2.14. The largest absolute Gasteiger partial charge is 0.497 e. The van der Waals surface area contributed by atoms with Crippen LogP contribution in [-0.4, -0.2) is 33.5 Å². The first-order valence-corrected chi connectivity index (χ1v) is 10.6. The molecule has 2 rings (SSSR count). The zero-order valence-electron chi connectivity index (χ0n) is 16.1. The van der Waals surface area contributed by atoms with E-state index in [-0.39, 0.29) is 24.5 Å². The summed E-state index contributed by atoms with van der Waals surface area (Å²) >= 11 is 0. The number of hydrogen-bond donors (Lipinski definition) is 2. The monoisotopic (exact) mass is 404 g/mol. The van der Waals surface area contributed by atoms with Crippen LogP contribution in [0.2, 0.25) is 0 Å². The summed E-state index contributed by atoms with van der Waals surface area (Å²) in [6.45, 7) is 1.77. The smallest absolute Gasteiger partial charge is 0.229 e. The van der Waals surface area contributed by atoms with E-state index in [1.807, 2.05) is 0 Å². The Morgan fingerprint density at radius 2 is 1.71 bits per heavy atom. The van der Waals surface area contributed by atoms with Gasteiger partial charge in [-0.05, 0) is 55.3 Å². The second kappa shape index (κ2) is 9.36. The number of carbonyl (C=O) groups is 2. The Hall–Kier alpha value is -2.87. The van der Waals surface area contributed by atoms with Crippen LogP contribution in [0.15, 0.2) is 42.5 Å². The van der Waals surface area contributed by atoms with Crippen LogP contribution in [0.5, 0.6) is 5.75 Å². The number of hydrogen-bond acceptors (Lipinski definition) is 5. The molecule has 2 aromatic carbocycles. The van der Waals surface area contributed by atoms with Crippen LogP contribution in [0.3, 0.4) is 0 Å². The quantitative estimate of drug-likeness (QED) is 0.624. The predicted molar refractivity (Wildman–Crippen MR) is 109 cm³/mol. The van der Waals surface area contributed by atoms with Crippen molar-refractivity contribution in [2.24, 2.45) is 0 Å². The summed E-state index contributed by atoms with van der Waals surface area (Å²) in [7, 11) is -1.85. The van der Waals surface area contributed by atoms with Gasteiger partial charge in [-0.1, -0.05) is 6.07 Å². The molecule has 0 bridgehead atoms. The number of methoxy groups -OCH3 is 1. The van der Waals surface area contributed by atoms with Gasteiger partial charge in [0, 0.05) is 24.1 Å². The standard InChI is InChI=1S/C20H24N2O5S/c1-14-7-10-16(13-18(14)22-28(3,25)26)21-20(24)6-4-5-19(23)15-8-11-17(27-2)12-9-15/h7-13,22H,4-6H2,1-3H3,(H,21,24). The average Bonchev–Trinajstić information content (AvgIpc) is 2.63. The number of rotatable bonds is 9. The van der Waals surface area contributed by atoms with Crippen LogP contribution in [0.1, 0.15) is 35.2 Å². The van der Waals surface area contributed by atoms with Gasteiger partial charge in [0.05, 0.1) is 19.1 Å². The van der Waals surface area contributed by atoms with Gasteiger partial charge >= 0.3 is 0 Å². The number of sulfonamides is 1. The molecule has 1 amide bonds. The van der Waals surface area contributed by atoms with Crippen molar-refractivity contribution in [2.45, 2.75) is 26.2 Å². The Morgan fingerprint density at radius 1 is 1.04 bits per heavy atom. The van der Waals surface area contributed by atoms with E-state index in [1.165, 1.54) is 0 Å². The molecule has 0 radical (unpaired) electrons. The average molecular weight is 404 g/mol. The van der Waals surface area contributed by atoms with E-state index in [0.29, 0.717) is 29.1 Å². The van der Waals surface area contributed by atoms with Crippen molar-refractivity contribution >= 4 is 33.1 Å². The fraction of sp³-hybridized carbons (Fsp3) is 0.300. The van der Waals surface area contributed by atoms with E-state index in [2.05, 4.69) is 10.0 Å². The van der Waals surface area contributed by atoms with Crippen LogP contribution >= 0.6 is 0 Å². The molecule has 0 atom stereocenters. The lowest BCUT2D eigenvalue weighted by Gasteiger charge is -2.11. The maximum absolute atomic E-state index is 12.2. The Labute approximate surface area is 165 Å². The van der Waals surface area contributed by atoms with Gasteiger partial charge in [-0.3, -0.25) is 14.3 Å². The zero-order chi connectivity index (χ0) is 20.7. The summed E-state index contributed by atoms with van der Waals surface area (Å²) in [6.07, 6.45) is 1.92. The van der Waals surface area contributed by atoms with Crippen molar-refractivity contribution in [1.29, 1.82) is 0 Å². The fourth-order valence-electron chi connectivity index (χ4n) is 2.56. The number of amides is 1. The molecule has 7 nitrogen and oxygen atoms in total. The van der Waals surface area contributed by atoms with Gasteiger partial charge in [0.25, 0.3) is 0 Å². The van der Waals surface area contributed by atoms with Crippen LogP contribution in [0, 0.1) is 6.92 Å². The molecule has 0 heterocycles. The first kappa shape index (κ1) is 21.4. The van der Waals surface area contributed by atoms with E-state index >= 15 is 0 Å². The van der Waals surface area contributed by atoms with Gasteiger partial charge in [-0.2, -0.15) is 0 Å². The first-order chi connectivity index (χ1) is 13.2. The molecule has 2 N–H and O–H groups in total. The Bertz CT molecular complexity index is 953. The molecule has 0 unspecified atom stereocenters. The van der Waals surface area contributed by atoms with Crippen molar-refractivity contribution < 1.29 is 22.7 Å². The number of ketones is 1. The molecular weight excluding hydrogens is 380 g/mol. The molecule has 0 aliphatic carbocycles. The highest BCUT2D eigenvalue weighted by atomic mass is 32.2. The molecule has 0 spiro atoms. The normalized spacial score (nSPS) is 11.0. The zero-order valence-corrected chi connectivity index (χ0v) is 16.9. The van der Waals surface area contributed by atoms with Crippen LogP contribution in [-0.2, 0) is 14.8 Å². The minimum Gasteiger partial charge on any atom is -0.497 e. The van der Waals surface area contributed by atoms with Crippen molar-refractivity contribution in [3.63, 3.8) is 0 Å².